The summed E-state index contributed by atoms with van der Waals surface area (Å²) >= 11 is 1.50. The van der Waals surface area contributed by atoms with E-state index in [0.717, 1.165) is 57.9 Å². The summed E-state index contributed by atoms with van der Waals surface area (Å²) in [4.78, 5) is 26.9. The second kappa shape index (κ2) is 10.7. The molecule has 3 aromatic carbocycles. The normalized spacial score (nSPS) is 17.1. The van der Waals surface area contributed by atoms with Crippen molar-refractivity contribution < 1.29 is 23.8 Å². The van der Waals surface area contributed by atoms with Crippen molar-refractivity contribution in [2.45, 2.75) is 30.4 Å². The number of cyclic esters (lactones) is 1. The molecule has 2 aliphatic heterocycles. The van der Waals surface area contributed by atoms with Gasteiger partial charge in [-0.25, -0.2) is 4.79 Å². The van der Waals surface area contributed by atoms with E-state index in [-0.39, 0.29) is 18.1 Å². The number of benzene rings is 3. The summed E-state index contributed by atoms with van der Waals surface area (Å²) in [6, 6.07) is 15.7. The van der Waals surface area contributed by atoms with Gasteiger partial charge in [0, 0.05) is 22.5 Å². The van der Waals surface area contributed by atoms with Gasteiger partial charge < -0.3 is 24.8 Å². The monoisotopic (exact) mass is 507 g/mol. The Hall–Kier alpha value is -3.43. The Bertz CT molecular complexity index is 1300. The van der Waals surface area contributed by atoms with Crippen LogP contribution in [0.5, 0.6) is 11.5 Å². The van der Waals surface area contributed by atoms with Crippen LogP contribution in [0, 0.1) is 0 Å². The molecule has 0 aliphatic carbocycles. The third-order valence-corrected chi connectivity index (χ3v) is 7.54. The lowest BCUT2D eigenvalue weighted by Crippen LogP contribution is -2.25. The molecule has 188 valence electrons. The number of thioether (sulfide) groups is 1. The van der Waals surface area contributed by atoms with Gasteiger partial charge >= 0.3 is 6.09 Å². The van der Waals surface area contributed by atoms with Crippen molar-refractivity contribution in [3.63, 3.8) is 0 Å². The predicted molar refractivity (Wildman–Crippen MR) is 141 cm³/mol. The Morgan fingerprint density at radius 1 is 1.08 bits per heavy atom. The maximum Gasteiger partial charge on any atom is 0.414 e. The van der Waals surface area contributed by atoms with Gasteiger partial charge in [-0.05, 0) is 72.8 Å². The van der Waals surface area contributed by atoms with E-state index in [2.05, 4.69) is 16.7 Å². The molecule has 9 heteroatoms. The average Bonchev–Trinajstić information content (AvgIpc) is 3.27. The molecule has 0 aromatic heterocycles. The molecule has 0 spiro atoms. The minimum absolute atomic E-state index is 0.0270. The van der Waals surface area contributed by atoms with E-state index in [1.54, 1.807) is 19.1 Å². The Morgan fingerprint density at radius 2 is 1.97 bits per heavy atom. The maximum absolute atomic E-state index is 12.5. The molecule has 0 radical (unpaired) electrons. The molecule has 2 aliphatic rings. The van der Waals surface area contributed by atoms with Crippen LogP contribution < -0.4 is 25.0 Å². The van der Waals surface area contributed by atoms with E-state index in [9.17, 15) is 9.59 Å². The third-order valence-electron chi connectivity index (χ3n) is 6.47. The van der Waals surface area contributed by atoms with Gasteiger partial charge in [0.05, 0.1) is 32.2 Å². The summed E-state index contributed by atoms with van der Waals surface area (Å²) in [5, 5.41) is 8.53. The van der Waals surface area contributed by atoms with Crippen molar-refractivity contribution >= 4 is 45.9 Å². The smallest absolute Gasteiger partial charge is 0.414 e. The molecular weight excluding hydrogens is 478 g/mol. The lowest BCUT2D eigenvalue weighted by molar-refractivity contribution is -0.113. The van der Waals surface area contributed by atoms with E-state index < -0.39 is 0 Å². The van der Waals surface area contributed by atoms with Crippen LogP contribution in [0.25, 0.3) is 10.8 Å². The Balaban J connectivity index is 1.14. The number of amides is 2. The zero-order chi connectivity index (χ0) is 25.1. The molecule has 36 heavy (non-hydrogen) atoms. The molecule has 3 aromatic rings. The Labute approximate surface area is 214 Å². The maximum atomic E-state index is 12.5. The second-order valence-electron chi connectivity index (χ2n) is 8.79. The van der Waals surface area contributed by atoms with Crippen molar-refractivity contribution in [1.29, 1.82) is 0 Å². The number of nitrogens with one attached hydrogen (secondary N) is 2. The van der Waals surface area contributed by atoms with Crippen LogP contribution in [0.3, 0.4) is 0 Å². The molecule has 2 amide bonds. The number of anilines is 2. The number of nitrogens with zero attached hydrogens (tertiary/aromatic N) is 1. The molecule has 0 saturated carbocycles. The Kier molecular flexibility index (Phi) is 7.20. The number of carbonyl (C=O) groups excluding carboxylic acids is 2. The van der Waals surface area contributed by atoms with Crippen molar-refractivity contribution in [1.82, 2.24) is 5.32 Å². The first kappa shape index (κ1) is 24.3. The van der Waals surface area contributed by atoms with Crippen LogP contribution in [0.2, 0.25) is 0 Å². The quantitative estimate of drug-likeness (QED) is 0.402. The van der Waals surface area contributed by atoms with Crippen molar-refractivity contribution in [3.05, 3.63) is 54.1 Å². The van der Waals surface area contributed by atoms with Crippen molar-refractivity contribution in [3.8, 4) is 11.5 Å². The molecule has 5 rings (SSSR count). The van der Waals surface area contributed by atoms with Gasteiger partial charge in [0.2, 0.25) is 5.91 Å². The molecule has 1 saturated heterocycles. The molecule has 2 heterocycles. The van der Waals surface area contributed by atoms with Gasteiger partial charge in [-0.2, -0.15) is 0 Å². The fraction of sp³-hybridized carbons (Fsp3) is 0.333. The van der Waals surface area contributed by atoms with E-state index in [4.69, 9.17) is 14.2 Å². The number of hydrogen-bond donors (Lipinski definition) is 2. The zero-order valence-corrected chi connectivity index (χ0v) is 21.2. The van der Waals surface area contributed by atoms with E-state index >= 15 is 0 Å². The van der Waals surface area contributed by atoms with E-state index in [0.29, 0.717) is 18.8 Å². The van der Waals surface area contributed by atoms with Gasteiger partial charge in [-0.15, -0.1) is 11.8 Å². The van der Waals surface area contributed by atoms with Crippen molar-refractivity contribution in [2.24, 2.45) is 0 Å². The highest BCUT2D eigenvalue weighted by Crippen LogP contribution is 2.36. The Morgan fingerprint density at radius 3 is 2.81 bits per heavy atom. The molecule has 1 unspecified atom stereocenters. The summed E-state index contributed by atoms with van der Waals surface area (Å²) in [5.41, 5.74) is 2.66. The first-order valence-corrected chi connectivity index (χ1v) is 12.9. The largest absolute Gasteiger partial charge is 0.497 e. The summed E-state index contributed by atoms with van der Waals surface area (Å²) < 4.78 is 16.5. The summed E-state index contributed by atoms with van der Waals surface area (Å²) in [5.74, 6) is 2.03. The molecule has 8 nitrogen and oxygen atoms in total. The first-order chi connectivity index (χ1) is 17.6. The van der Waals surface area contributed by atoms with Gasteiger partial charge in [-0.1, -0.05) is 6.07 Å². The molecule has 2 N–H and O–H groups in total. The zero-order valence-electron chi connectivity index (χ0n) is 20.3. The molecule has 1 fully saturated rings. The SMILES string of the molecule is COc1ccc2c(OC)ccc(CNCCCC3CN(c4ccc5c(c4)NC(=O)CS5)C(=O)O3)c2c1. The van der Waals surface area contributed by atoms with Crippen LogP contribution in [0.15, 0.2) is 53.4 Å². The van der Waals surface area contributed by atoms with Gasteiger partial charge in [0.15, 0.2) is 0 Å². The minimum atomic E-state index is -0.346. The number of ether oxygens (including phenoxy) is 3. The summed E-state index contributed by atoms with van der Waals surface area (Å²) in [6.07, 6.45) is 1.14. The average molecular weight is 508 g/mol. The highest BCUT2D eigenvalue weighted by molar-refractivity contribution is 8.00. The highest BCUT2D eigenvalue weighted by atomic mass is 32.2. The lowest BCUT2D eigenvalue weighted by Gasteiger charge is -2.20. The standard InChI is InChI=1S/C27H29N3O5S/c1-33-19-7-8-21-22(13-19)17(5-9-24(21)34-2)14-28-11-3-4-20-15-30(27(32)35-20)18-6-10-25-23(12-18)29-26(31)16-36-25/h5-10,12-13,20,28H,3-4,11,14-16H2,1-2H3,(H,29,31). The fourth-order valence-electron chi connectivity index (χ4n) is 4.62. The van der Waals surface area contributed by atoms with Gasteiger partial charge in [0.1, 0.15) is 17.6 Å². The number of carbonyl (C=O) groups is 2. The number of fused-ring (bicyclic) bond motifs is 2. The fourth-order valence-corrected chi connectivity index (χ4v) is 5.41. The van der Waals surface area contributed by atoms with Crippen molar-refractivity contribution in [2.75, 3.05) is 43.3 Å². The molecule has 1 atom stereocenters. The van der Waals surface area contributed by atoms with Crippen LogP contribution in [-0.4, -0.2) is 51.2 Å². The van der Waals surface area contributed by atoms with Crippen LogP contribution in [0.4, 0.5) is 16.2 Å². The van der Waals surface area contributed by atoms with Gasteiger partial charge in [-0.3, -0.25) is 9.69 Å². The van der Waals surface area contributed by atoms with Crippen LogP contribution >= 0.6 is 11.8 Å². The molecular formula is C27H29N3O5S. The third kappa shape index (κ3) is 5.08. The lowest BCUT2D eigenvalue weighted by atomic mass is 10.0. The van der Waals surface area contributed by atoms with Gasteiger partial charge in [0.25, 0.3) is 0 Å². The molecule has 0 bridgehead atoms. The topological polar surface area (TPSA) is 89.1 Å². The minimum Gasteiger partial charge on any atom is -0.497 e. The van der Waals surface area contributed by atoms with E-state index in [1.807, 2.05) is 42.5 Å². The summed E-state index contributed by atoms with van der Waals surface area (Å²) in [7, 11) is 3.34. The number of hydrogen-bond acceptors (Lipinski definition) is 7. The summed E-state index contributed by atoms with van der Waals surface area (Å²) in [6.45, 7) is 2.01. The first-order valence-electron chi connectivity index (χ1n) is 11.9. The highest BCUT2D eigenvalue weighted by Gasteiger charge is 2.32. The predicted octanol–water partition coefficient (Wildman–Crippen LogP) is 4.80. The van der Waals surface area contributed by atoms with E-state index in [1.165, 1.54) is 17.3 Å². The van der Waals surface area contributed by atoms with Crippen LogP contribution in [-0.2, 0) is 16.1 Å². The van der Waals surface area contributed by atoms with Crippen LogP contribution in [0.1, 0.15) is 18.4 Å². The number of rotatable bonds is 9. The second-order valence-corrected chi connectivity index (χ2v) is 9.81. The number of methoxy groups -OCH3 is 2.